The number of aromatic hydroxyl groups is 1. The molecule has 0 saturated heterocycles. The highest BCUT2D eigenvalue weighted by Crippen LogP contribution is 2.17. The van der Waals surface area contributed by atoms with E-state index in [9.17, 15) is 5.11 Å². The summed E-state index contributed by atoms with van der Waals surface area (Å²) < 4.78 is 0. The number of phenols is 1. The molecule has 1 aromatic carbocycles. The van der Waals surface area contributed by atoms with Crippen molar-refractivity contribution in [3.8, 4) is 5.75 Å². The molecule has 34 heavy (non-hydrogen) atoms. The summed E-state index contributed by atoms with van der Waals surface area (Å²) in [5.41, 5.74) is 1.35. The lowest BCUT2D eigenvalue weighted by Gasteiger charge is -2.05. The monoisotopic (exact) mass is 472 g/mol. The third kappa shape index (κ3) is 21.5. The molecule has 0 bridgehead atoms. The van der Waals surface area contributed by atoms with Gasteiger partial charge in [0, 0.05) is 0 Å². The third-order valence-electron chi connectivity index (χ3n) is 7.51. The van der Waals surface area contributed by atoms with Gasteiger partial charge >= 0.3 is 0 Å². The van der Waals surface area contributed by atoms with Crippen molar-refractivity contribution in [2.75, 3.05) is 0 Å². The summed E-state index contributed by atoms with van der Waals surface area (Å²) in [6.45, 7) is 2.30. The van der Waals surface area contributed by atoms with Gasteiger partial charge in [-0.3, -0.25) is 0 Å². The second-order valence-electron chi connectivity index (χ2n) is 10.9. The summed E-state index contributed by atoms with van der Waals surface area (Å²) in [7, 11) is 0. The Balaban J connectivity index is 1.66. The molecule has 0 amide bonds. The highest BCUT2D eigenvalue weighted by molar-refractivity contribution is 5.25. The zero-order valence-electron chi connectivity index (χ0n) is 23.1. The molecule has 0 aliphatic rings. The van der Waals surface area contributed by atoms with Crippen LogP contribution in [0.25, 0.3) is 0 Å². The maximum absolute atomic E-state index is 9.32. The summed E-state index contributed by atoms with van der Waals surface area (Å²) in [6, 6.07) is 7.70. The lowest BCUT2D eigenvalue weighted by molar-refractivity contribution is 0.475. The smallest absolute Gasteiger partial charge is 0.115 e. The number of hydrogen-bond acceptors (Lipinski definition) is 1. The van der Waals surface area contributed by atoms with E-state index in [1.54, 1.807) is 12.1 Å². The Morgan fingerprint density at radius 3 is 0.941 bits per heavy atom. The van der Waals surface area contributed by atoms with Gasteiger partial charge < -0.3 is 5.11 Å². The number of benzene rings is 1. The zero-order chi connectivity index (χ0) is 24.4. The SMILES string of the molecule is CCCCCCCCCCCCCCCCCCCCCCCCCCCc1ccc(O)cc1. The lowest BCUT2D eigenvalue weighted by atomic mass is 10.0. The van der Waals surface area contributed by atoms with Crippen molar-refractivity contribution >= 4 is 0 Å². The topological polar surface area (TPSA) is 20.2 Å². The van der Waals surface area contributed by atoms with Crippen LogP contribution >= 0.6 is 0 Å². The summed E-state index contributed by atoms with van der Waals surface area (Å²) in [5.74, 6) is 0.374. The maximum Gasteiger partial charge on any atom is 0.115 e. The summed E-state index contributed by atoms with van der Waals surface area (Å²) in [4.78, 5) is 0. The van der Waals surface area contributed by atoms with Crippen LogP contribution in [0.3, 0.4) is 0 Å². The molecule has 0 unspecified atom stereocenters. The quantitative estimate of drug-likeness (QED) is 0.133. The Bertz CT molecular complexity index is 506. The largest absolute Gasteiger partial charge is 0.508 e. The van der Waals surface area contributed by atoms with Gasteiger partial charge in [-0.25, -0.2) is 0 Å². The van der Waals surface area contributed by atoms with E-state index < -0.39 is 0 Å². The van der Waals surface area contributed by atoms with Crippen molar-refractivity contribution in [2.24, 2.45) is 0 Å². The van der Waals surface area contributed by atoms with Crippen LogP contribution < -0.4 is 0 Å². The van der Waals surface area contributed by atoms with Crippen LogP contribution in [0.2, 0.25) is 0 Å². The predicted octanol–water partition coefficient (Wildman–Crippen LogP) is 11.7. The molecule has 1 nitrogen and oxygen atoms in total. The van der Waals surface area contributed by atoms with Crippen molar-refractivity contribution in [1.29, 1.82) is 0 Å². The average Bonchev–Trinajstić information content (AvgIpc) is 2.85. The van der Waals surface area contributed by atoms with Crippen LogP contribution in [-0.2, 0) is 6.42 Å². The molecule has 0 heterocycles. The van der Waals surface area contributed by atoms with Gasteiger partial charge in [0.25, 0.3) is 0 Å². The minimum atomic E-state index is 0.374. The highest BCUT2D eigenvalue weighted by Gasteiger charge is 1.97. The van der Waals surface area contributed by atoms with E-state index in [-0.39, 0.29) is 0 Å². The minimum absolute atomic E-state index is 0.374. The van der Waals surface area contributed by atoms with E-state index in [1.165, 1.54) is 166 Å². The van der Waals surface area contributed by atoms with E-state index in [0.717, 1.165) is 6.42 Å². The molecule has 0 aliphatic carbocycles. The number of phenolic OH excluding ortho intramolecular Hbond substituents is 1. The molecule has 1 heteroatoms. The first-order chi connectivity index (χ1) is 16.8. The molecule has 0 aliphatic heterocycles. The highest BCUT2D eigenvalue weighted by atomic mass is 16.3. The van der Waals surface area contributed by atoms with E-state index in [1.807, 2.05) is 0 Å². The molecule has 198 valence electrons. The standard InChI is InChI=1S/C33H60O/c1-2-3-4-5-6-7-8-9-10-11-12-13-14-15-16-17-18-19-20-21-22-23-24-25-26-27-32-28-30-33(34)31-29-32/h28-31,34H,2-27H2,1H3. The number of aryl methyl sites for hydroxylation is 1. The zero-order valence-corrected chi connectivity index (χ0v) is 23.1. The van der Waals surface area contributed by atoms with Crippen molar-refractivity contribution < 1.29 is 5.11 Å². The van der Waals surface area contributed by atoms with Crippen molar-refractivity contribution in [3.05, 3.63) is 29.8 Å². The van der Waals surface area contributed by atoms with E-state index in [4.69, 9.17) is 0 Å². The molecule has 1 aromatic rings. The fourth-order valence-electron chi connectivity index (χ4n) is 5.13. The van der Waals surface area contributed by atoms with Crippen LogP contribution in [-0.4, -0.2) is 5.11 Å². The van der Waals surface area contributed by atoms with E-state index in [2.05, 4.69) is 19.1 Å². The van der Waals surface area contributed by atoms with Crippen LogP contribution in [0.15, 0.2) is 24.3 Å². The van der Waals surface area contributed by atoms with Gasteiger partial charge in [0.05, 0.1) is 0 Å². The Labute approximate surface area is 214 Å². The summed E-state index contributed by atoms with van der Waals surface area (Å²) in [6.07, 6.45) is 37.3. The average molecular weight is 473 g/mol. The van der Waals surface area contributed by atoms with Crippen LogP contribution in [0.4, 0.5) is 0 Å². The molecule has 0 fully saturated rings. The summed E-state index contributed by atoms with van der Waals surface area (Å²) >= 11 is 0. The van der Waals surface area contributed by atoms with Gasteiger partial charge in [0.15, 0.2) is 0 Å². The molecule has 1 N–H and O–H groups in total. The third-order valence-corrected chi connectivity index (χ3v) is 7.51. The van der Waals surface area contributed by atoms with Crippen molar-refractivity contribution in [3.63, 3.8) is 0 Å². The molecule has 0 atom stereocenters. The number of hydrogen-bond donors (Lipinski definition) is 1. The van der Waals surface area contributed by atoms with Crippen LogP contribution in [0.5, 0.6) is 5.75 Å². The Hall–Kier alpha value is -0.980. The van der Waals surface area contributed by atoms with Crippen molar-refractivity contribution in [1.82, 2.24) is 0 Å². The molecule has 0 spiro atoms. The summed E-state index contributed by atoms with van der Waals surface area (Å²) in [5, 5.41) is 9.32. The minimum Gasteiger partial charge on any atom is -0.508 e. The molecular weight excluding hydrogens is 412 g/mol. The Morgan fingerprint density at radius 2 is 0.647 bits per heavy atom. The van der Waals surface area contributed by atoms with Gasteiger partial charge in [0.1, 0.15) is 5.75 Å². The fourth-order valence-corrected chi connectivity index (χ4v) is 5.13. The number of unbranched alkanes of at least 4 members (excludes halogenated alkanes) is 24. The molecule has 1 rings (SSSR count). The van der Waals surface area contributed by atoms with Gasteiger partial charge in [-0.15, -0.1) is 0 Å². The van der Waals surface area contributed by atoms with E-state index >= 15 is 0 Å². The first-order valence-corrected chi connectivity index (χ1v) is 15.6. The molecule has 0 radical (unpaired) electrons. The Kier molecular flexibility index (Phi) is 22.9. The van der Waals surface area contributed by atoms with Gasteiger partial charge in [-0.2, -0.15) is 0 Å². The van der Waals surface area contributed by atoms with Gasteiger partial charge in [-0.1, -0.05) is 173 Å². The molecule has 0 aromatic heterocycles. The van der Waals surface area contributed by atoms with Crippen LogP contribution in [0.1, 0.15) is 173 Å². The molecule has 0 saturated carbocycles. The van der Waals surface area contributed by atoms with Gasteiger partial charge in [0.2, 0.25) is 0 Å². The van der Waals surface area contributed by atoms with E-state index in [0.29, 0.717) is 5.75 Å². The van der Waals surface area contributed by atoms with Crippen molar-refractivity contribution in [2.45, 2.75) is 174 Å². The maximum atomic E-state index is 9.32. The lowest BCUT2D eigenvalue weighted by Crippen LogP contribution is -1.86. The first-order valence-electron chi connectivity index (χ1n) is 15.6. The second-order valence-corrected chi connectivity index (χ2v) is 10.9. The Morgan fingerprint density at radius 1 is 0.382 bits per heavy atom. The first kappa shape index (κ1) is 31.1. The van der Waals surface area contributed by atoms with Crippen LogP contribution in [0, 0.1) is 0 Å². The van der Waals surface area contributed by atoms with Gasteiger partial charge in [-0.05, 0) is 30.5 Å². The number of rotatable bonds is 26. The fraction of sp³-hybridized carbons (Fsp3) is 0.818. The molecular formula is C33H60O. The predicted molar refractivity (Wildman–Crippen MR) is 153 cm³/mol. The second kappa shape index (κ2) is 25.1. The normalized spacial score (nSPS) is 11.3.